The maximum atomic E-state index is 9.17. The van der Waals surface area contributed by atoms with Crippen molar-refractivity contribution in [3.8, 4) is 6.07 Å². The molecule has 2 aromatic rings. The fourth-order valence-corrected chi connectivity index (χ4v) is 4.96. The van der Waals surface area contributed by atoms with Gasteiger partial charge < -0.3 is 9.30 Å². The lowest BCUT2D eigenvalue weighted by atomic mass is 9.61. The first kappa shape index (κ1) is 13.6. The van der Waals surface area contributed by atoms with Gasteiger partial charge in [0, 0.05) is 6.54 Å². The van der Waals surface area contributed by atoms with E-state index in [4.69, 9.17) is 4.74 Å². The second-order valence-electron chi connectivity index (χ2n) is 8.18. The Bertz CT molecular complexity index is 838. The van der Waals surface area contributed by atoms with E-state index in [1.165, 1.54) is 25.7 Å². The molecule has 5 rings (SSSR count). The summed E-state index contributed by atoms with van der Waals surface area (Å²) in [7, 11) is 0. The summed E-state index contributed by atoms with van der Waals surface area (Å²) < 4.78 is 8.09. The number of benzene rings is 1. The Hall–Kier alpha value is -1.86. The number of nitrogens with zero attached hydrogens (tertiary/aromatic N) is 3. The van der Waals surface area contributed by atoms with E-state index < -0.39 is 0 Å². The minimum absolute atomic E-state index is 0.177. The standard InChI is InChI=1S/C19H21N3O/c1-17(10-19(12-23-19)7-6-18(17)4-5-18)11-22-13-21-15-3-2-14(9-20)8-16(15)22/h2-3,8,13H,4-7,10-12H2,1H3/t17-,19+/m0/s1. The number of fused-ring (bicyclic) bond motifs is 1. The van der Waals surface area contributed by atoms with E-state index in [9.17, 15) is 5.26 Å². The number of nitriles is 1. The van der Waals surface area contributed by atoms with Gasteiger partial charge in [0.05, 0.1) is 41.2 Å². The molecule has 2 atom stereocenters. The van der Waals surface area contributed by atoms with Crippen LogP contribution in [0.1, 0.15) is 44.6 Å². The fourth-order valence-electron chi connectivity index (χ4n) is 4.96. The summed E-state index contributed by atoms with van der Waals surface area (Å²) in [6.45, 7) is 4.37. The highest BCUT2D eigenvalue weighted by molar-refractivity contribution is 5.77. The van der Waals surface area contributed by atoms with Crippen molar-refractivity contribution in [1.82, 2.24) is 9.55 Å². The lowest BCUT2D eigenvalue weighted by Gasteiger charge is -2.45. The highest BCUT2D eigenvalue weighted by atomic mass is 16.6. The van der Waals surface area contributed by atoms with Crippen molar-refractivity contribution in [2.75, 3.05) is 6.61 Å². The molecule has 2 saturated carbocycles. The number of hydrogen-bond acceptors (Lipinski definition) is 3. The Morgan fingerprint density at radius 2 is 2.09 bits per heavy atom. The Morgan fingerprint density at radius 1 is 1.30 bits per heavy atom. The number of epoxide rings is 1. The molecular formula is C19H21N3O. The van der Waals surface area contributed by atoms with Crippen molar-refractivity contribution >= 4 is 11.0 Å². The van der Waals surface area contributed by atoms with Crippen molar-refractivity contribution in [1.29, 1.82) is 5.26 Å². The lowest BCUT2D eigenvalue weighted by Crippen LogP contribution is -2.43. The van der Waals surface area contributed by atoms with Gasteiger partial charge >= 0.3 is 0 Å². The lowest BCUT2D eigenvalue weighted by molar-refractivity contribution is 0.0219. The Kier molecular flexibility index (Phi) is 2.45. The molecule has 0 unspecified atom stereocenters. The number of ether oxygens (including phenoxy) is 1. The van der Waals surface area contributed by atoms with Crippen molar-refractivity contribution in [3.63, 3.8) is 0 Å². The fraction of sp³-hybridized carbons (Fsp3) is 0.579. The van der Waals surface area contributed by atoms with Gasteiger partial charge in [-0.25, -0.2) is 4.98 Å². The van der Waals surface area contributed by atoms with Crippen molar-refractivity contribution in [2.24, 2.45) is 10.8 Å². The molecule has 2 aliphatic carbocycles. The van der Waals surface area contributed by atoms with Gasteiger partial charge in [0.25, 0.3) is 0 Å². The van der Waals surface area contributed by atoms with Crippen LogP contribution >= 0.6 is 0 Å². The molecule has 3 aliphatic rings. The van der Waals surface area contributed by atoms with Crippen LogP contribution in [0.2, 0.25) is 0 Å². The van der Waals surface area contributed by atoms with Crippen LogP contribution in [0.15, 0.2) is 24.5 Å². The Labute approximate surface area is 136 Å². The summed E-state index contributed by atoms with van der Waals surface area (Å²) in [4.78, 5) is 4.53. The van der Waals surface area contributed by atoms with Crippen LogP contribution in [0.4, 0.5) is 0 Å². The molecule has 0 N–H and O–H groups in total. The molecular weight excluding hydrogens is 286 g/mol. The third-order valence-electron chi connectivity index (χ3n) is 6.73. The van der Waals surface area contributed by atoms with E-state index >= 15 is 0 Å². The van der Waals surface area contributed by atoms with Crippen LogP contribution in [-0.4, -0.2) is 21.8 Å². The minimum Gasteiger partial charge on any atom is -0.370 e. The van der Waals surface area contributed by atoms with Gasteiger partial charge in [-0.3, -0.25) is 0 Å². The summed E-state index contributed by atoms with van der Waals surface area (Å²) in [6.07, 6.45) is 8.37. The molecule has 1 saturated heterocycles. The first-order valence-corrected chi connectivity index (χ1v) is 8.56. The van der Waals surface area contributed by atoms with Crippen LogP contribution in [0, 0.1) is 22.2 Å². The predicted octanol–water partition coefficient (Wildman–Crippen LogP) is 3.65. The van der Waals surface area contributed by atoms with Gasteiger partial charge in [0.15, 0.2) is 0 Å². The molecule has 1 aromatic heterocycles. The van der Waals surface area contributed by atoms with Crippen LogP contribution in [0.5, 0.6) is 0 Å². The maximum absolute atomic E-state index is 9.17. The van der Waals surface area contributed by atoms with Crippen LogP contribution in [-0.2, 0) is 11.3 Å². The maximum Gasteiger partial charge on any atom is 0.0992 e. The summed E-state index contributed by atoms with van der Waals surface area (Å²) in [5.74, 6) is 0. The quantitative estimate of drug-likeness (QED) is 0.796. The number of hydrogen-bond donors (Lipinski definition) is 0. The summed E-state index contributed by atoms with van der Waals surface area (Å²) >= 11 is 0. The summed E-state index contributed by atoms with van der Waals surface area (Å²) in [5.41, 5.74) is 3.71. The first-order chi connectivity index (χ1) is 11.1. The molecule has 3 fully saturated rings. The van der Waals surface area contributed by atoms with Gasteiger partial charge in [0.2, 0.25) is 0 Å². The van der Waals surface area contributed by atoms with E-state index in [-0.39, 0.29) is 11.0 Å². The van der Waals surface area contributed by atoms with Crippen LogP contribution in [0.3, 0.4) is 0 Å². The van der Waals surface area contributed by atoms with E-state index in [0.717, 1.165) is 30.6 Å². The van der Waals surface area contributed by atoms with Gasteiger partial charge in [-0.1, -0.05) is 6.92 Å². The zero-order valence-corrected chi connectivity index (χ0v) is 13.5. The zero-order chi connectivity index (χ0) is 15.7. The average Bonchev–Trinajstić information content (AvgIpc) is 3.45. The monoisotopic (exact) mass is 307 g/mol. The van der Waals surface area contributed by atoms with Crippen LogP contribution < -0.4 is 0 Å². The molecule has 4 heteroatoms. The minimum atomic E-state index is 0.177. The highest BCUT2D eigenvalue weighted by Crippen LogP contribution is 2.70. The Balaban J connectivity index is 1.54. The molecule has 2 heterocycles. The number of rotatable bonds is 2. The highest BCUT2D eigenvalue weighted by Gasteiger charge is 2.65. The second-order valence-corrected chi connectivity index (χ2v) is 8.18. The molecule has 0 bridgehead atoms. The second kappa shape index (κ2) is 4.15. The van der Waals surface area contributed by atoms with Gasteiger partial charge in [0.1, 0.15) is 0 Å². The van der Waals surface area contributed by atoms with E-state index in [2.05, 4.69) is 22.5 Å². The average molecular weight is 307 g/mol. The predicted molar refractivity (Wildman–Crippen MR) is 86.8 cm³/mol. The Morgan fingerprint density at radius 3 is 2.78 bits per heavy atom. The van der Waals surface area contributed by atoms with Crippen molar-refractivity contribution in [3.05, 3.63) is 30.1 Å². The number of imidazole rings is 1. The summed E-state index contributed by atoms with van der Waals surface area (Å²) in [5, 5.41) is 9.17. The molecule has 2 spiro atoms. The smallest absolute Gasteiger partial charge is 0.0992 e. The molecule has 118 valence electrons. The molecule has 0 radical (unpaired) electrons. The van der Waals surface area contributed by atoms with E-state index in [1.54, 1.807) is 0 Å². The van der Waals surface area contributed by atoms with Crippen LogP contribution in [0.25, 0.3) is 11.0 Å². The normalized spacial score (nSPS) is 33.9. The van der Waals surface area contributed by atoms with Gasteiger partial charge in [-0.2, -0.15) is 5.26 Å². The molecule has 1 aliphatic heterocycles. The van der Waals surface area contributed by atoms with E-state index in [0.29, 0.717) is 11.0 Å². The van der Waals surface area contributed by atoms with Crippen molar-refractivity contribution < 1.29 is 4.74 Å². The topological polar surface area (TPSA) is 54.1 Å². The van der Waals surface area contributed by atoms with Gasteiger partial charge in [-0.15, -0.1) is 0 Å². The number of aromatic nitrogens is 2. The van der Waals surface area contributed by atoms with Crippen molar-refractivity contribution in [2.45, 2.75) is 51.2 Å². The van der Waals surface area contributed by atoms with Gasteiger partial charge in [-0.05, 0) is 61.1 Å². The molecule has 0 amide bonds. The third-order valence-corrected chi connectivity index (χ3v) is 6.73. The summed E-state index contributed by atoms with van der Waals surface area (Å²) in [6, 6.07) is 8.00. The molecule has 23 heavy (non-hydrogen) atoms. The largest absolute Gasteiger partial charge is 0.370 e. The molecule has 4 nitrogen and oxygen atoms in total. The zero-order valence-electron chi connectivity index (χ0n) is 13.5. The first-order valence-electron chi connectivity index (χ1n) is 8.56. The SMILES string of the molecule is C[C@@]1(Cn2cnc3ccc(C#N)cc32)C[C@]2(CCC13CC3)CO2. The van der Waals surface area contributed by atoms with E-state index in [1.807, 2.05) is 24.5 Å². The molecule has 1 aromatic carbocycles. The third kappa shape index (κ3) is 1.89.